The highest BCUT2D eigenvalue weighted by atomic mass is 16.5. The van der Waals surface area contributed by atoms with Gasteiger partial charge in [-0.25, -0.2) is 0 Å². The number of ether oxygens (including phenoxy) is 2. The molecule has 4 rings (SSSR count). The maximum Gasteiger partial charge on any atom is 0.250 e. The number of para-hydroxylation sites is 1. The lowest BCUT2D eigenvalue weighted by Crippen LogP contribution is -2.52. The lowest BCUT2D eigenvalue weighted by atomic mass is 9.79. The van der Waals surface area contributed by atoms with Crippen LogP contribution in [0.2, 0.25) is 0 Å². The van der Waals surface area contributed by atoms with Gasteiger partial charge in [0.1, 0.15) is 17.0 Å². The molecule has 2 aromatic carbocycles. The lowest BCUT2D eigenvalue weighted by molar-refractivity contribution is -0.130. The van der Waals surface area contributed by atoms with Crippen LogP contribution in [0.5, 0.6) is 11.5 Å². The van der Waals surface area contributed by atoms with Crippen LogP contribution in [0.25, 0.3) is 0 Å². The van der Waals surface area contributed by atoms with E-state index in [1.165, 1.54) is 0 Å². The van der Waals surface area contributed by atoms with Crippen LogP contribution >= 0.6 is 0 Å². The van der Waals surface area contributed by atoms with Crippen LogP contribution in [0.4, 0.5) is 11.4 Å². The Kier molecular flexibility index (Phi) is 5.86. The minimum Gasteiger partial charge on any atom is -0.497 e. The summed E-state index contributed by atoms with van der Waals surface area (Å²) in [5, 5.41) is 9.61. The highest BCUT2D eigenvalue weighted by molar-refractivity contribution is 6.11. The Morgan fingerprint density at radius 3 is 2.69 bits per heavy atom. The summed E-state index contributed by atoms with van der Waals surface area (Å²) in [4.78, 5) is 27.1. The van der Waals surface area contributed by atoms with E-state index in [-0.39, 0.29) is 17.9 Å². The molecule has 3 unspecified atom stereocenters. The van der Waals surface area contributed by atoms with Gasteiger partial charge in [0.2, 0.25) is 11.8 Å². The van der Waals surface area contributed by atoms with Gasteiger partial charge in [-0.1, -0.05) is 32.0 Å². The number of methoxy groups -OCH3 is 2. The minimum absolute atomic E-state index is 0.0511. The van der Waals surface area contributed by atoms with Crippen LogP contribution in [-0.2, 0) is 15.1 Å². The van der Waals surface area contributed by atoms with Crippen LogP contribution in [-0.4, -0.2) is 32.1 Å². The van der Waals surface area contributed by atoms with E-state index in [0.29, 0.717) is 29.5 Å². The zero-order valence-corrected chi connectivity index (χ0v) is 19.2. The van der Waals surface area contributed by atoms with Gasteiger partial charge in [-0.05, 0) is 43.4 Å². The van der Waals surface area contributed by atoms with E-state index in [2.05, 4.69) is 29.8 Å². The van der Waals surface area contributed by atoms with E-state index < -0.39 is 11.5 Å². The molecule has 3 N–H and O–H groups in total. The third-order valence-corrected chi connectivity index (χ3v) is 6.51. The molecule has 2 aliphatic rings. The summed E-state index contributed by atoms with van der Waals surface area (Å²) in [5.74, 6) is 0.602. The number of anilines is 2. The Hall–Kier alpha value is -3.06. The molecule has 0 aromatic heterocycles. The smallest absolute Gasteiger partial charge is 0.250 e. The zero-order valence-electron chi connectivity index (χ0n) is 19.2. The first-order valence-electron chi connectivity index (χ1n) is 11.0. The molecule has 1 spiro atoms. The van der Waals surface area contributed by atoms with Gasteiger partial charge < -0.3 is 20.1 Å². The predicted molar refractivity (Wildman–Crippen MR) is 124 cm³/mol. The van der Waals surface area contributed by atoms with Crippen molar-refractivity contribution in [2.75, 3.05) is 24.9 Å². The van der Waals surface area contributed by atoms with Gasteiger partial charge in [-0.3, -0.25) is 14.9 Å². The largest absolute Gasteiger partial charge is 0.497 e. The Labute approximate surface area is 188 Å². The van der Waals surface area contributed by atoms with Crippen LogP contribution in [0.1, 0.15) is 37.8 Å². The molecule has 2 amide bonds. The molecule has 7 nitrogen and oxygen atoms in total. The predicted octanol–water partition coefficient (Wildman–Crippen LogP) is 3.82. The SMILES string of the molecule is COc1ccc(OC)c(NC(=O)C2CC(CC(C)C)NC23C(=O)Nc2c(C)cccc23)c1. The molecule has 2 heterocycles. The fourth-order valence-corrected chi connectivity index (χ4v) is 5.09. The molecule has 2 aliphatic heterocycles. The van der Waals surface area contributed by atoms with E-state index in [9.17, 15) is 9.59 Å². The second kappa shape index (κ2) is 8.47. The molecule has 0 saturated carbocycles. The molecule has 7 heteroatoms. The molecular weight excluding hydrogens is 406 g/mol. The number of fused-ring (bicyclic) bond motifs is 2. The van der Waals surface area contributed by atoms with Crippen LogP contribution in [0, 0.1) is 18.8 Å². The summed E-state index contributed by atoms with van der Waals surface area (Å²) < 4.78 is 10.7. The van der Waals surface area contributed by atoms with Gasteiger partial charge in [0.05, 0.1) is 25.8 Å². The first-order valence-corrected chi connectivity index (χ1v) is 11.0. The van der Waals surface area contributed by atoms with E-state index in [1.807, 2.05) is 25.1 Å². The average molecular weight is 438 g/mol. The van der Waals surface area contributed by atoms with Gasteiger partial charge in [-0.15, -0.1) is 0 Å². The molecule has 3 atom stereocenters. The standard InChI is InChI=1S/C25H31N3O4/c1-14(2)11-16-12-19(23(29)26-20-13-17(31-4)9-10-21(20)32-5)25(28-16)18-8-6-7-15(3)22(18)27-24(25)30/h6-10,13-14,16,19,28H,11-12H2,1-5H3,(H,26,29)(H,27,30). The van der Waals surface area contributed by atoms with Gasteiger partial charge in [0.15, 0.2) is 0 Å². The van der Waals surface area contributed by atoms with E-state index in [1.54, 1.807) is 32.4 Å². The van der Waals surface area contributed by atoms with Gasteiger partial charge in [0.25, 0.3) is 0 Å². The fourth-order valence-electron chi connectivity index (χ4n) is 5.09. The van der Waals surface area contributed by atoms with Crippen molar-refractivity contribution in [3.8, 4) is 11.5 Å². The van der Waals surface area contributed by atoms with Crippen molar-refractivity contribution in [1.82, 2.24) is 5.32 Å². The first kappa shape index (κ1) is 22.1. The van der Waals surface area contributed by atoms with Crippen molar-refractivity contribution < 1.29 is 19.1 Å². The number of amides is 2. The zero-order chi connectivity index (χ0) is 23.0. The summed E-state index contributed by atoms with van der Waals surface area (Å²) in [6, 6.07) is 11.1. The minimum atomic E-state index is -1.10. The summed E-state index contributed by atoms with van der Waals surface area (Å²) >= 11 is 0. The number of carbonyl (C=O) groups is 2. The third-order valence-electron chi connectivity index (χ3n) is 6.51. The van der Waals surface area contributed by atoms with Crippen molar-refractivity contribution in [2.45, 2.75) is 45.2 Å². The van der Waals surface area contributed by atoms with Crippen molar-refractivity contribution in [3.05, 3.63) is 47.5 Å². The van der Waals surface area contributed by atoms with Gasteiger partial charge in [-0.2, -0.15) is 0 Å². The van der Waals surface area contributed by atoms with E-state index >= 15 is 0 Å². The molecule has 0 radical (unpaired) electrons. The van der Waals surface area contributed by atoms with E-state index in [4.69, 9.17) is 9.47 Å². The van der Waals surface area contributed by atoms with E-state index in [0.717, 1.165) is 23.2 Å². The highest BCUT2D eigenvalue weighted by Crippen LogP contribution is 2.49. The monoisotopic (exact) mass is 437 g/mol. The molecular formula is C25H31N3O4. The fraction of sp³-hybridized carbons (Fsp3) is 0.440. The number of carbonyl (C=O) groups excluding carboxylic acids is 2. The van der Waals surface area contributed by atoms with Gasteiger partial charge in [0, 0.05) is 23.4 Å². The number of benzene rings is 2. The van der Waals surface area contributed by atoms with Crippen molar-refractivity contribution in [2.24, 2.45) is 11.8 Å². The second-order valence-corrected chi connectivity index (χ2v) is 9.07. The normalized spacial score (nSPS) is 23.9. The molecule has 0 bridgehead atoms. The highest BCUT2D eigenvalue weighted by Gasteiger charge is 2.60. The molecule has 170 valence electrons. The molecule has 0 aliphatic carbocycles. The maximum absolute atomic E-state index is 13.7. The number of nitrogens with one attached hydrogen (secondary N) is 3. The van der Waals surface area contributed by atoms with Crippen molar-refractivity contribution >= 4 is 23.2 Å². The number of hydrogen-bond acceptors (Lipinski definition) is 5. The Morgan fingerprint density at radius 2 is 2.00 bits per heavy atom. The average Bonchev–Trinajstić information content (AvgIpc) is 3.27. The summed E-state index contributed by atoms with van der Waals surface area (Å²) in [6.07, 6.45) is 1.44. The molecule has 32 heavy (non-hydrogen) atoms. The summed E-state index contributed by atoms with van der Waals surface area (Å²) in [6.45, 7) is 6.26. The number of rotatable bonds is 6. The maximum atomic E-state index is 13.7. The molecule has 1 fully saturated rings. The third kappa shape index (κ3) is 3.60. The van der Waals surface area contributed by atoms with Crippen molar-refractivity contribution in [1.29, 1.82) is 0 Å². The number of aryl methyl sites for hydroxylation is 1. The number of hydrogen-bond donors (Lipinski definition) is 3. The summed E-state index contributed by atoms with van der Waals surface area (Å²) in [5.41, 5.74) is 2.04. The van der Waals surface area contributed by atoms with Gasteiger partial charge >= 0.3 is 0 Å². The summed E-state index contributed by atoms with van der Waals surface area (Å²) in [7, 11) is 3.13. The Bertz CT molecular complexity index is 1050. The van der Waals surface area contributed by atoms with Crippen LogP contribution < -0.4 is 25.4 Å². The molecule has 1 saturated heterocycles. The Morgan fingerprint density at radius 1 is 1.22 bits per heavy atom. The quantitative estimate of drug-likeness (QED) is 0.639. The van der Waals surface area contributed by atoms with Crippen LogP contribution in [0.3, 0.4) is 0 Å². The second-order valence-electron chi connectivity index (χ2n) is 9.07. The van der Waals surface area contributed by atoms with Crippen molar-refractivity contribution in [3.63, 3.8) is 0 Å². The van der Waals surface area contributed by atoms with Crippen LogP contribution in [0.15, 0.2) is 36.4 Å². The first-order chi connectivity index (χ1) is 15.3. The topological polar surface area (TPSA) is 88.7 Å². The lowest BCUT2D eigenvalue weighted by Gasteiger charge is -2.29. The Balaban J connectivity index is 1.74. The molecule has 2 aromatic rings.